The van der Waals surface area contributed by atoms with Crippen molar-refractivity contribution < 1.29 is 4.39 Å². The van der Waals surface area contributed by atoms with Crippen LogP contribution in [-0.4, -0.2) is 21.5 Å². The third-order valence-corrected chi connectivity index (χ3v) is 6.05. The summed E-state index contributed by atoms with van der Waals surface area (Å²) in [5.41, 5.74) is 1.04. The minimum atomic E-state index is -0.474. The van der Waals surface area contributed by atoms with Gasteiger partial charge in [0.2, 0.25) is 0 Å². The molecule has 7 nitrogen and oxygen atoms in total. The number of aryl methyl sites for hydroxylation is 1. The van der Waals surface area contributed by atoms with Crippen LogP contribution in [0.15, 0.2) is 69.0 Å². The molecule has 2 aromatic heterocycles. The number of anilines is 1. The molecule has 1 fully saturated rings. The lowest BCUT2D eigenvalue weighted by molar-refractivity contribution is 0.613. The lowest BCUT2D eigenvalue weighted by atomic mass is 9.94. The zero-order chi connectivity index (χ0) is 23.3. The van der Waals surface area contributed by atoms with Gasteiger partial charge in [-0.25, -0.2) is 13.8 Å². The molecule has 1 saturated carbocycles. The van der Waals surface area contributed by atoms with Gasteiger partial charge >= 0.3 is 5.69 Å². The Morgan fingerprint density at radius 2 is 1.79 bits per heavy atom. The lowest BCUT2D eigenvalue weighted by Gasteiger charge is -2.19. The maximum absolute atomic E-state index is 14.3. The molecular formula is C24H22BFN4O3. The SMILES string of the molecule is Bc1ccc(F)c(CNc2cc(=O)n(C)c3c2c(=O)n(C2CC2)c(=O)n3-c2ccccc2)c1. The third kappa shape index (κ3) is 3.59. The number of aromatic nitrogens is 3. The first-order valence-electron chi connectivity index (χ1n) is 10.8. The molecule has 2 heterocycles. The van der Waals surface area contributed by atoms with Crippen LogP contribution in [0.2, 0.25) is 0 Å². The van der Waals surface area contributed by atoms with Crippen molar-refractivity contribution in [3.8, 4) is 5.69 Å². The minimum absolute atomic E-state index is 0.0864. The predicted octanol–water partition coefficient (Wildman–Crippen LogP) is 1.20. The van der Waals surface area contributed by atoms with Crippen LogP contribution in [0, 0.1) is 5.82 Å². The average Bonchev–Trinajstić information content (AvgIpc) is 3.63. The molecule has 5 rings (SSSR count). The molecule has 0 radical (unpaired) electrons. The van der Waals surface area contributed by atoms with Crippen LogP contribution in [0.4, 0.5) is 10.1 Å². The molecule has 0 unspecified atom stereocenters. The van der Waals surface area contributed by atoms with Crippen molar-refractivity contribution in [3.05, 3.63) is 97.2 Å². The highest BCUT2D eigenvalue weighted by Gasteiger charge is 2.30. The summed E-state index contributed by atoms with van der Waals surface area (Å²) in [7, 11) is 3.40. The molecule has 33 heavy (non-hydrogen) atoms. The van der Waals surface area contributed by atoms with Crippen LogP contribution in [0.25, 0.3) is 16.7 Å². The third-order valence-electron chi connectivity index (χ3n) is 6.05. The van der Waals surface area contributed by atoms with Gasteiger partial charge in [-0.05, 0) is 31.0 Å². The molecule has 1 aliphatic carbocycles. The fourth-order valence-corrected chi connectivity index (χ4v) is 4.20. The molecule has 166 valence electrons. The second kappa shape index (κ2) is 7.92. The highest BCUT2D eigenvalue weighted by Crippen LogP contribution is 2.33. The Morgan fingerprint density at radius 1 is 1.06 bits per heavy atom. The van der Waals surface area contributed by atoms with Crippen molar-refractivity contribution in [1.82, 2.24) is 13.7 Å². The van der Waals surface area contributed by atoms with Gasteiger partial charge < -0.3 is 5.32 Å². The summed E-state index contributed by atoms with van der Waals surface area (Å²) >= 11 is 0. The highest BCUT2D eigenvalue weighted by atomic mass is 19.1. The predicted molar refractivity (Wildman–Crippen MR) is 129 cm³/mol. The largest absolute Gasteiger partial charge is 0.380 e. The molecule has 0 amide bonds. The molecule has 1 aliphatic rings. The van der Waals surface area contributed by atoms with Gasteiger partial charge in [-0.2, -0.15) is 0 Å². The molecule has 9 heteroatoms. The van der Waals surface area contributed by atoms with Crippen molar-refractivity contribution >= 4 is 30.0 Å². The van der Waals surface area contributed by atoms with Crippen LogP contribution in [0.3, 0.4) is 0 Å². The number of halogens is 1. The molecule has 0 saturated heterocycles. The van der Waals surface area contributed by atoms with Gasteiger partial charge in [-0.1, -0.05) is 35.8 Å². The van der Waals surface area contributed by atoms with E-state index >= 15 is 0 Å². The van der Waals surface area contributed by atoms with Gasteiger partial charge in [-0.3, -0.25) is 18.7 Å². The average molecular weight is 444 g/mol. The summed E-state index contributed by atoms with van der Waals surface area (Å²) < 4.78 is 18.3. The van der Waals surface area contributed by atoms with E-state index in [1.54, 1.807) is 36.4 Å². The van der Waals surface area contributed by atoms with Crippen LogP contribution >= 0.6 is 0 Å². The molecule has 0 aliphatic heterocycles. The maximum Gasteiger partial charge on any atom is 0.337 e. The van der Waals surface area contributed by atoms with Crippen molar-refractivity contribution in [3.63, 3.8) is 0 Å². The Balaban J connectivity index is 1.80. The van der Waals surface area contributed by atoms with Gasteiger partial charge in [0.1, 0.15) is 24.7 Å². The Kier molecular flexibility index (Phi) is 5.04. The fraction of sp³-hybridized carbons (Fsp3) is 0.208. The van der Waals surface area contributed by atoms with E-state index in [9.17, 15) is 18.8 Å². The van der Waals surface area contributed by atoms with E-state index in [2.05, 4.69) is 5.32 Å². The highest BCUT2D eigenvalue weighted by molar-refractivity contribution is 6.32. The number of nitrogens with zero attached hydrogens (tertiary/aromatic N) is 3. The van der Waals surface area contributed by atoms with Crippen LogP contribution < -0.4 is 27.6 Å². The summed E-state index contributed by atoms with van der Waals surface area (Å²) in [4.78, 5) is 39.9. The smallest absolute Gasteiger partial charge is 0.337 e. The summed E-state index contributed by atoms with van der Waals surface area (Å²) in [5, 5.41) is 3.31. The first-order chi connectivity index (χ1) is 15.9. The number of nitrogens with one attached hydrogen (secondary N) is 1. The zero-order valence-electron chi connectivity index (χ0n) is 18.3. The molecule has 4 aromatic rings. The number of fused-ring (bicyclic) bond motifs is 1. The number of pyridine rings is 1. The summed E-state index contributed by atoms with van der Waals surface area (Å²) in [6.07, 6.45) is 1.50. The molecule has 1 N–H and O–H groups in total. The maximum atomic E-state index is 14.3. The molecule has 2 aromatic carbocycles. The van der Waals surface area contributed by atoms with E-state index in [-0.39, 0.29) is 40.7 Å². The van der Waals surface area contributed by atoms with Gasteiger partial charge in [0, 0.05) is 31.3 Å². The van der Waals surface area contributed by atoms with E-state index in [1.165, 1.54) is 32.9 Å². The Bertz CT molecular complexity index is 1570. The fourth-order valence-electron chi connectivity index (χ4n) is 4.20. The zero-order valence-corrected chi connectivity index (χ0v) is 18.3. The number of benzene rings is 2. The number of hydrogen-bond acceptors (Lipinski definition) is 4. The van der Waals surface area contributed by atoms with Gasteiger partial charge in [0.15, 0.2) is 0 Å². The molecular weight excluding hydrogens is 422 g/mol. The summed E-state index contributed by atoms with van der Waals surface area (Å²) in [6.45, 7) is 0.0864. The number of rotatable bonds is 5. The van der Waals surface area contributed by atoms with Crippen molar-refractivity contribution in [2.75, 3.05) is 5.32 Å². The summed E-state index contributed by atoms with van der Waals surface area (Å²) in [5.74, 6) is -0.377. The topological polar surface area (TPSA) is 78.0 Å². The van der Waals surface area contributed by atoms with Crippen molar-refractivity contribution in [2.45, 2.75) is 25.4 Å². The lowest BCUT2D eigenvalue weighted by Crippen LogP contribution is -2.41. The normalized spacial score (nSPS) is 13.4. The second-order valence-electron chi connectivity index (χ2n) is 8.46. The van der Waals surface area contributed by atoms with E-state index in [0.717, 1.165) is 18.3 Å². The van der Waals surface area contributed by atoms with E-state index in [1.807, 2.05) is 13.9 Å². The van der Waals surface area contributed by atoms with E-state index < -0.39 is 11.2 Å². The van der Waals surface area contributed by atoms with Crippen molar-refractivity contribution in [2.24, 2.45) is 7.05 Å². The van der Waals surface area contributed by atoms with E-state index in [4.69, 9.17) is 0 Å². The summed E-state index contributed by atoms with van der Waals surface area (Å²) in [6, 6.07) is 14.9. The number of hydrogen-bond donors (Lipinski definition) is 1. The standard InChI is InChI=1S/C24H22BFN4O3/c1-28-20(31)12-19(27-13-14-11-15(25)7-10-18(14)26)21-22(28)29(16-5-3-2-4-6-16)24(33)30(23(21)32)17-8-9-17/h2-7,10-12,17,27H,8-9,13,25H2,1H3. The molecule has 0 bridgehead atoms. The Labute approximate surface area is 189 Å². The first kappa shape index (κ1) is 21.0. The van der Waals surface area contributed by atoms with Crippen LogP contribution in [-0.2, 0) is 13.6 Å². The quantitative estimate of drug-likeness (QED) is 0.470. The second-order valence-corrected chi connectivity index (χ2v) is 8.46. The van der Waals surface area contributed by atoms with Gasteiger partial charge in [0.25, 0.3) is 11.1 Å². The van der Waals surface area contributed by atoms with Crippen molar-refractivity contribution in [1.29, 1.82) is 0 Å². The molecule has 0 spiro atoms. The van der Waals surface area contributed by atoms with E-state index in [0.29, 0.717) is 11.3 Å². The van der Waals surface area contributed by atoms with Gasteiger partial charge in [-0.15, -0.1) is 0 Å². The minimum Gasteiger partial charge on any atom is -0.380 e. The monoisotopic (exact) mass is 444 g/mol. The number of para-hydroxylation sites is 1. The van der Waals surface area contributed by atoms with Gasteiger partial charge in [0.05, 0.1) is 11.4 Å². The van der Waals surface area contributed by atoms with Crippen LogP contribution in [0.1, 0.15) is 24.4 Å². The molecule has 0 atom stereocenters. The Hall–Kier alpha value is -3.88. The Morgan fingerprint density at radius 3 is 2.48 bits per heavy atom. The first-order valence-corrected chi connectivity index (χ1v) is 10.8. The van der Waals surface area contributed by atoms with Crippen LogP contribution in [0.5, 0.6) is 0 Å².